The van der Waals surface area contributed by atoms with Crippen molar-refractivity contribution < 1.29 is 14.1 Å². The summed E-state index contributed by atoms with van der Waals surface area (Å²) in [5.41, 5.74) is 0.0397. The molecule has 25 heavy (non-hydrogen) atoms. The van der Waals surface area contributed by atoms with E-state index in [-0.39, 0.29) is 23.2 Å². The Hall–Kier alpha value is -1.67. The van der Waals surface area contributed by atoms with E-state index in [0.717, 1.165) is 24.8 Å². The molecule has 0 unspecified atom stereocenters. The largest absolute Gasteiger partial charge is 0.498 e. The van der Waals surface area contributed by atoms with Crippen molar-refractivity contribution in [1.82, 2.24) is 14.9 Å². The third-order valence-corrected chi connectivity index (χ3v) is 5.40. The van der Waals surface area contributed by atoms with Gasteiger partial charge < -0.3 is 19.5 Å². The molecule has 2 aliphatic rings. The van der Waals surface area contributed by atoms with Crippen LogP contribution in [0.2, 0.25) is 0 Å². The molecule has 1 aromatic heterocycles. The number of aromatic nitrogens is 2. The minimum Gasteiger partial charge on any atom is -0.399 e. The van der Waals surface area contributed by atoms with Crippen LogP contribution in [0.25, 0.3) is 0 Å². The number of carbonyl (C=O) groups excluding carboxylic acids is 1. The van der Waals surface area contributed by atoms with Crippen LogP contribution in [-0.2, 0) is 14.1 Å². The van der Waals surface area contributed by atoms with E-state index >= 15 is 0 Å². The molecule has 8 heteroatoms. The lowest BCUT2D eigenvalue weighted by Crippen LogP contribution is -2.44. The molecule has 2 aliphatic heterocycles. The third kappa shape index (κ3) is 3.79. The molecule has 0 spiro atoms. The van der Waals surface area contributed by atoms with E-state index in [4.69, 9.17) is 9.31 Å². The molecule has 1 aromatic rings. The Kier molecular flexibility index (Phi) is 4.77. The molecule has 1 amide bonds. The van der Waals surface area contributed by atoms with Crippen molar-refractivity contribution in [3.8, 4) is 0 Å². The Bertz CT molecular complexity index is 619. The monoisotopic (exact) mass is 346 g/mol. The minimum atomic E-state index is -0.457. The van der Waals surface area contributed by atoms with E-state index < -0.39 is 7.12 Å². The van der Waals surface area contributed by atoms with Gasteiger partial charge in [-0.05, 0) is 40.5 Å². The minimum absolute atomic E-state index is 0.114. The number of nitrogens with one attached hydrogen (secondary N) is 1. The number of nitrogens with zero attached hydrogens (tertiary/aromatic N) is 3. The molecular formula is C17H27BN4O3. The van der Waals surface area contributed by atoms with Gasteiger partial charge in [-0.3, -0.25) is 4.79 Å². The molecule has 1 N–H and O–H groups in total. The second-order valence-corrected chi connectivity index (χ2v) is 7.88. The zero-order chi connectivity index (χ0) is 18.2. The Morgan fingerprint density at radius 2 is 1.84 bits per heavy atom. The van der Waals surface area contributed by atoms with Crippen LogP contribution < -0.4 is 10.8 Å². The summed E-state index contributed by atoms with van der Waals surface area (Å²) in [6.07, 6.45) is 5.47. The summed E-state index contributed by atoms with van der Waals surface area (Å²) in [5.74, 6) is 0.680. The van der Waals surface area contributed by atoms with Crippen LogP contribution in [0.3, 0.4) is 0 Å². The van der Waals surface area contributed by atoms with Crippen molar-refractivity contribution >= 4 is 24.4 Å². The number of hydrogen-bond donors (Lipinski definition) is 1. The van der Waals surface area contributed by atoms with Crippen molar-refractivity contribution in [2.24, 2.45) is 0 Å². The first kappa shape index (κ1) is 18.1. The van der Waals surface area contributed by atoms with Gasteiger partial charge in [0.05, 0.1) is 11.2 Å². The first-order valence-electron chi connectivity index (χ1n) is 8.87. The van der Waals surface area contributed by atoms with Gasteiger partial charge in [-0.1, -0.05) is 0 Å². The summed E-state index contributed by atoms with van der Waals surface area (Å²) < 4.78 is 12.0. The predicted molar refractivity (Wildman–Crippen MR) is 96.6 cm³/mol. The van der Waals surface area contributed by atoms with E-state index in [1.807, 2.05) is 32.6 Å². The molecule has 1 atom stereocenters. The number of likely N-dealkylation sites (tertiary alicyclic amines) is 1. The number of amides is 1. The lowest BCUT2D eigenvalue weighted by atomic mass is 9.81. The van der Waals surface area contributed by atoms with Crippen LogP contribution in [0.15, 0.2) is 12.4 Å². The standard InChI is InChI=1S/C17H27BN4O3/c1-12(23)22-8-6-7-14(11-22)21-15-19-9-13(10-20-15)18-24-16(2,3)17(4,5)25-18/h9-10,14H,6-8,11H2,1-5H3,(H,19,20,21)/t14-/m1/s1. The Labute approximate surface area is 149 Å². The lowest BCUT2D eigenvalue weighted by molar-refractivity contribution is -0.129. The maximum atomic E-state index is 11.5. The van der Waals surface area contributed by atoms with Gasteiger partial charge in [0, 0.05) is 43.9 Å². The first-order valence-corrected chi connectivity index (χ1v) is 8.87. The molecule has 3 heterocycles. The van der Waals surface area contributed by atoms with E-state index in [1.54, 1.807) is 19.3 Å². The van der Waals surface area contributed by atoms with Crippen molar-refractivity contribution in [2.75, 3.05) is 18.4 Å². The highest BCUT2D eigenvalue weighted by molar-refractivity contribution is 6.61. The molecule has 2 fully saturated rings. The molecule has 0 aromatic carbocycles. The average Bonchev–Trinajstić information content (AvgIpc) is 2.76. The molecule has 0 saturated carbocycles. The van der Waals surface area contributed by atoms with E-state index in [1.165, 1.54) is 0 Å². The van der Waals surface area contributed by atoms with Gasteiger partial charge in [-0.2, -0.15) is 0 Å². The SMILES string of the molecule is CC(=O)N1CCC[C@@H](Nc2ncc(B3OC(C)(C)C(C)(C)O3)cn2)C1. The van der Waals surface area contributed by atoms with Gasteiger partial charge in [0.25, 0.3) is 0 Å². The Morgan fingerprint density at radius 1 is 1.24 bits per heavy atom. The second-order valence-electron chi connectivity index (χ2n) is 7.88. The molecule has 0 radical (unpaired) electrons. The first-order chi connectivity index (χ1) is 11.7. The van der Waals surface area contributed by atoms with Gasteiger partial charge >= 0.3 is 7.12 Å². The van der Waals surface area contributed by atoms with Gasteiger partial charge in [0.15, 0.2) is 0 Å². The molecule has 2 saturated heterocycles. The predicted octanol–water partition coefficient (Wildman–Crippen LogP) is 1.20. The fourth-order valence-corrected chi connectivity index (χ4v) is 3.08. The fourth-order valence-electron chi connectivity index (χ4n) is 3.08. The summed E-state index contributed by atoms with van der Waals surface area (Å²) in [6.45, 7) is 11.2. The van der Waals surface area contributed by atoms with Crippen LogP contribution in [0, 0.1) is 0 Å². The number of anilines is 1. The highest BCUT2D eigenvalue weighted by atomic mass is 16.7. The average molecular weight is 346 g/mol. The van der Waals surface area contributed by atoms with Crippen LogP contribution in [0.4, 0.5) is 5.95 Å². The molecule has 0 bridgehead atoms. The van der Waals surface area contributed by atoms with Crippen molar-refractivity contribution in [3.05, 3.63) is 12.4 Å². The van der Waals surface area contributed by atoms with Crippen molar-refractivity contribution in [2.45, 2.75) is 64.7 Å². The highest BCUT2D eigenvalue weighted by Crippen LogP contribution is 2.36. The van der Waals surface area contributed by atoms with Gasteiger partial charge in [0.1, 0.15) is 0 Å². The molecule has 0 aliphatic carbocycles. The highest BCUT2D eigenvalue weighted by Gasteiger charge is 2.51. The van der Waals surface area contributed by atoms with Gasteiger partial charge in [-0.25, -0.2) is 9.97 Å². The fraction of sp³-hybridized carbons (Fsp3) is 0.706. The third-order valence-electron chi connectivity index (χ3n) is 5.40. The number of rotatable bonds is 3. The van der Waals surface area contributed by atoms with Gasteiger partial charge in [-0.15, -0.1) is 0 Å². The van der Waals surface area contributed by atoms with Crippen molar-refractivity contribution in [1.29, 1.82) is 0 Å². The number of piperidine rings is 1. The number of carbonyl (C=O) groups is 1. The summed E-state index contributed by atoms with van der Waals surface area (Å²) in [5, 5.41) is 3.32. The molecular weight excluding hydrogens is 319 g/mol. The van der Waals surface area contributed by atoms with E-state index in [2.05, 4.69) is 15.3 Å². The van der Waals surface area contributed by atoms with Crippen LogP contribution >= 0.6 is 0 Å². The van der Waals surface area contributed by atoms with Crippen molar-refractivity contribution in [3.63, 3.8) is 0 Å². The van der Waals surface area contributed by atoms with E-state index in [0.29, 0.717) is 12.5 Å². The summed E-state index contributed by atoms with van der Waals surface area (Å²) in [4.78, 5) is 22.2. The topological polar surface area (TPSA) is 76.6 Å². The summed E-state index contributed by atoms with van der Waals surface area (Å²) in [7, 11) is -0.457. The lowest BCUT2D eigenvalue weighted by Gasteiger charge is -2.32. The molecule has 3 rings (SSSR count). The zero-order valence-corrected chi connectivity index (χ0v) is 15.7. The maximum absolute atomic E-state index is 11.5. The summed E-state index contributed by atoms with van der Waals surface area (Å²) in [6, 6.07) is 0.181. The Morgan fingerprint density at radius 3 is 2.40 bits per heavy atom. The van der Waals surface area contributed by atoms with Crippen LogP contribution in [0.5, 0.6) is 0 Å². The quantitative estimate of drug-likeness (QED) is 0.829. The smallest absolute Gasteiger partial charge is 0.399 e. The summed E-state index contributed by atoms with van der Waals surface area (Å²) >= 11 is 0. The Balaban J connectivity index is 1.62. The number of hydrogen-bond acceptors (Lipinski definition) is 6. The van der Waals surface area contributed by atoms with Gasteiger partial charge in [0.2, 0.25) is 11.9 Å². The normalized spacial score (nSPS) is 25.1. The molecule has 136 valence electrons. The maximum Gasteiger partial charge on any atom is 0.498 e. The molecule has 7 nitrogen and oxygen atoms in total. The van der Waals surface area contributed by atoms with E-state index in [9.17, 15) is 4.79 Å². The van der Waals surface area contributed by atoms with Crippen LogP contribution in [-0.4, -0.2) is 58.2 Å². The second kappa shape index (κ2) is 6.57. The van der Waals surface area contributed by atoms with Crippen LogP contribution in [0.1, 0.15) is 47.5 Å². The zero-order valence-electron chi connectivity index (χ0n) is 15.7.